The minimum Gasteiger partial charge on any atom is -0.462 e. The molecule has 19 heteroatoms. The number of phosphoric acid groups is 2. The zero-order chi connectivity index (χ0) is 65.4. The molecule has 0 aromatic rings. The first-order chi connectivity index (χ1) is 42.1. The molecule has 0 rings (SSSR count). The Morgan fingerprint density at radius 3 is 0.705 bits per heavy atom. The molecule has 4 atom stereocenters. The lowest BCUT2D eigenvalue weighted by atomic mass is 10.0. The molecule has 17 nitrogen and oxygen atoms in total. The summed E-state index contributed by atoms with van der Waals surface area (Å²) < 4.78 is 68.2. The van der Waals surface area contributed by atoms with Gasteiger partial charge in [0.2, 0.25) is 0 Å². The molecule has 0 aromatic heterocycles. The van der Waals surface area contributed by atoms with E-state index in [9.17, 15) is 43.2 Å². The molecule has 0 fully saturated rings. The average Bonchev–Trinajstić information content (AvgIpc) is 3.62. The summed E-state index contributed by atoms with van der Waals surface area (Å²) in [6.45, 7) is 14.1. The molecule has 0 amide bonds. The van der Waals surface area contributed by atoms with E-state index >= 15 is 0 Å². The van der Waals surface area contributed by atoms with Crippen LogP contribution in [0.25, 0.3) is 0 Å². The number of esters is 4. The predicted molar refractivity (Wildman–Crippen MR) is 354 cm³/mol. The second kappa shape index (κ2) is 58.8. The van der Waals surface area contributed by atoms with Gasteiger partial charge in [-0.25, -0.2) is 9.13 Å². The van der Waals surface area contributed by atoms with Crippen molar-refractivity contribution in [3.63, 3.8) is 0 Å². The van der Waals surface area contributed by atoms with E-state index in [4.69, 9.17) is 37.0 Å². The van der Waals surface area contributed by atoms with Crippen molar-refractivity contribution >= 4 is 39.5 Å². The summed E-state index contributed by atoms with van der Waals surface area (Å²) in [7, 11) is -9.90. The van der Waals surface area contributed by atoms with Gasteiger partial charge in [-0.05, 0) is 49.4 Å². The van der Waals surface area contributed by atoms with Crippen LogP contribution in [0.4, 0.5) is 0 Å². The SMILES string of the molecule is CC(C)CCCCCCCCCCCCC(=O)O[C@H](COC(=O)CCCCCCCCCCC(C)C)COP(=O)(O)OCC(O)COP(=O)(O)OC[C@@H](COC(=O)CCCCCCCCCCC(C)C)OC(=O)CCCCCCCCCCCCC(C)C. The molecule has 0 aromatic carbocycles. The number of ether oxygens (including phenoxy) is 4. The Bertz CT molecular complexity index is 1630. The van der Waals surface area contributed by atoms with Gasteiger partial charge in [-0.2, -0.15) is 0 Å². The first-order valence-electron chi connectivity index (χ1n) is 35.7. The van der Waals surface area contributed by atoms with Crippen LogP contribution in [0.5, 0.6) is 0 Å². The van der Waals surface area contributed by atoms with Gasteiger partial charge in [-0.3, -0.25) is 37.3 Å². The van der Waals surface area contributed by atoms with E-state index in [0.29, 0.717) is 25.7 Å². The molecular formula is C69H134O17P2. The Balaban J connectivity index is 5.27. The third kappa shape index (κ3) is 62.8. The van der Waals surface area contributed by atoms with Crippen molar-refractivity contribution in [3.8, 4) is 0 Å². The third-order valence-corrected chi connectivity index (χ3v) is 17.7. The first kappa shape index (κ1) is 86.1. The van der Waals surface area contributed by atoms with Crippen molar-refractivity contribution in [1.82, 2.24) is 0 Å². The molecule has 0 spiro atoms. The monoisotopic (exact) mass is 1300 g/mol. The van der Waals surface area contributed by atoms with Gasteiger partial charge in [0.1, 0.15) is 19.3 Å². The van der Waals surface area contributed by atoms with Crippen LogP contribution in [-0.2, 0) is 65.4 Å². The number of hydrogen-bond acceptors (Lipinski definition) is 15. The number of unbranched alkanes of at least 4 members (excludes halogenated alkanes) is 32. The zero-order valence-electron chi connectivity index (χ0n) is 57.3. The molecule has 0 heterocycles. The fraction of sp³-hybridized carbons (Fsp3) is 0.942. The fourth-order valence-corrected chi connectivity index (χ4v) is 11.9. The van der Waals surface area contributed by atoms with Crippen molar-refractivity contribution in [1.29, 1.82) is 0 Å². The average molecular weight is 1300 g/mol. The van der Waals surface area contributed by atoms with Gasteiger partial charge in [-0.15, -0.1) is 0 Å². The van der Waals surface area contributed by atoms with Gasteiger partial charge in [0.05, 0.1) is 26.4 Å². The summed E-state index contributed by atoms with van der Waals surface area (Å²) in [6, 6.07) is 0. The van der Waals surface area contributed by atoms with Crippen molar-refractivity contribution < 1.29 is 80.2 Å². The van der Waals surface area contributed by atoms with Crippen LogP contribution >= 0.6 is 15.6 Å². The van der Waals surface area contributed by atoms with Crippen molar-refractivity contribution in [3.05, 3.63) is 0 Å². The highest BCUT2D eigenvalue weighted by Gasteiger charge is 2.30. The van der Waals surface area contributed by atoms with Crippen LogP contribution in [0.15, 0.2) is 0 Å². The summed E-state index contributed by atoms with van der Waals surface area (Å²) >= 11 is 0. The molecule has 2 unspecified atom stereocenters. The van der Waals surface area contributed by atoms with Crippen LogP contribution in [0.3, 0.4) is 0 Å². The number of hydrogen-bond donors (Lipinski definition) is 3. The zero-order valence-corrected chi connectivity index (χ0v) is 59.1. The largest absolute Gasteiger partial charge is 0.472 e. The van der Waals surface area contributed by atoms with Gasteiger partial charge in [0.15, 0.2) is 12.2 Å². The summed E-state index contributed by atoms with van der Waals surface area (Å²) in [5.41, 5.74) is 0. The Morgan fingerprint density at radius 1 is 0.284 bits per heavy atom. The van der Waals surface area contributed by atoms with Crippen LogP contribution in [-0.4, -0.2) is 96.7 Å². The number of carbonyl (C=O) groups excluding carboxylic acids is 4. The summed E-state index contributed by atoms with van der Waals surface area (Å²) in [4.78, 5) is 72.5. The molecule has 0 radical (unpaired) electrons. The molecular weight excluding hydrogens is 1160 g/mol. The molecule has 522 valence electrons. The maximum Gasteiger partial charge on any atom is 0.472 e. The van der Waals surface area contributed by atoms with Crippen molar-refractivity contribution in [2.45, 2.75) is 356 Å². The molecule has 3 N–H and O–H groups in total. The normalized spacial score (nSPS) is 14.3. The van der Waals surface area contributed by atoms with Crippen LogP contribution in [0, 0.1) is 23.7 Å². The maximum absolute atomic E-state index is 13.0. The van der Waals surface area contributed by atoms with E-state index < -0.39 is 97.5 Å². The van der Waals surface area contributed by atoms with Crippen LogP contribution in [0.1, 0.15) is 338 Å². The molecule has 88 heavy (non-hydrogen) atoms. The molecule has 0 aliphatic carbocycles. The van der Waals surface area contributed by atoms with Crippen LogP contribution < -0.4 is 0 Å². The fourth-order valence-electron chi connectivity index (χ4n) is 10.3. The number of rotatable bonds is 66. The number of aliphatic hydroxyl groups is 1. The summed E-state index contributed by atoms with van der Waals surface area (Å²) in [6.07, 6.45) is 40.3. The quantitative estimate of drug-likeness (QED) is 0.0222. The molecule has 0 bridgehead atoms. The molecule has 0 saturated carbocycles. The van der Waals surface area contributed by atoms with Gasteiger partial charge in [-0.1, -0.05) is 287 Å². The molecule has 0 aliphatic rings. The van der Waals surface area contributed by atoms with Crippen molar-refractivity contribution in [2.24, 2.45) is 23.7 Å². The number of phosphoric ester groups is 2. The van der Waals surface area contributed by atoms with Gasteiger partial charge in [0, 0.05) is 25.7 Å². The topological polar surface area (TPSA) is 237 Å². The van der Waals surface area contributed by atoms with E-state index in [-0.39, 0.29) is 25.7 Å². The number of carbonyl (C=O) groups is 4. The van der Waals surface area contributed by atoms with E-state index in [1.54, 1.807) is 0 Å². The Morgan fingerprint density at radius 2 is 0.477 bits per heavy atom. The van der Waals surface area contributed by atoms with E-state index in [1.165, 1.54) is 141 Å². The van der Waals surface area contributed by atoms with E-state index in [0.717, 1.165) is 114 Å². The van der Waals surface area contributed by atoms with Gasteiger partial charge in [0.25, 0.3) is 0 Å². The Kier molecular flexibility index (Phi) is 57.6. The minimum atomic E-state index is -4.95. The maximum atomic E-state index is 13.0. The highest BCUT2D eigenvalue weighted by molar-refractivity contribution is 7.47. The smallest absolute Gasteiger partial charge is 0.462 e. The van der Waals surface area contributed by atoms with Crippen molar-refractivity contribution in [2.75, 3.05) is 39.6 Å². The predicted octanol–water partition coefficient (Wildman–Crippen LogP) is 19.3. The summed E-state index contributed by atoms with van der Waals surface area (Å²) in [5.74, 6) is 0.825. The standard InChI is InChI=1S/C69H134O17P2/c1-59(2)45-37-29-21-13-9-11-15-27-35-43-51-68(73)85-64(55-79-66(71)49-41-33-25-19-17-23-31-39-47-61(5)6)57-83-87(75,76)81-53-63(70)54-82-88(77,78)84-58-65(56-80-67(72)50-42-34-26-20-18-24-32-40-48-62(7)8)86-69(74)52-44-36-28-16-12-10-14-22-30-38-46-60(3)4/h59-65,70H,9-58H2,1-8H3,(H,75,76)(H,77,78)/t64-,65-/m1/s1. The summed E-state index contributed by atoms with van der Waals surface area (Å²) in [5, 5.41) is 10.6. The lowest BCUT2D eigenvalue weighted by Crippen LogP contribution is -2.30. The van der Waals surface area contributed by atoms with Crippen LogP contribution in [0.2, 0.25) is 0 Å². The second-order valence-electron chi connectivity index (χ2n) is 26.8. The highest BCUT2D eigenvalue weighted by atomic mass is 31.2. The molecule has 0 saturated heterocycles. The van der Waals surface area contributed by atoms with Gasteiger partial charge >= 0.3 is 39.5 Å². The highest BCUT2D eigenvalue weighted by Crippen LogP contribution is 2.45. The Hall–Kier alpha value is -1.94. The third-order valence-electron chi connectivity index (χ3n) is 15.8. The Labute approximate surface area is 537 Å². The second-order valence-corrected chi connectivity index (χ2v) is 29.7. The number of aliphatic hydroxyl groups excluding tert-OH is 1. The van der Waals surface area contributed by atoms with E-state index in [2.05, 4.69) is 55.4 Å². The minimum absolute atomic E-state index is 0.105. The first-order valence-corrected chi connectivity index (χ1v) is 38.7. The molecule has 0 aliphatic heterocycles. The van der Waals surface area contributed by atoms with E-state index in [1.807, 2.05) is 0 Å². The lowest BCUT2D eigenvalue weighted by molar-refractivity contribution is -0.161. The van der Waals surface area contributed by atoms with Gasteiger partial charge < -0.3 is 33.8 Å². The lowest BCUT2D eigenvalue weighted by Gasteiger charge is -2.21.